The highest BCUT2D eigenvalue weighted by Gasteiger charge is 2.39. The van der Waals surface area contributed by atoms with Crippen LogP contribution in [-0.4, -0.2) is 91.1 Å². The molecule has 7 nitrogen and oxygen atoms in total. The van der Waals surface area contributed by atoms with E-state index in [1.807, 2.05) is 6.08 Å². The smallest absolute Gasteiger partial charge is 0.305 e. The number of rotatable bonds is 20. The summed E-state index contributed by atoms with van der Waals surface area (Å²) in [4.78, 5) is 11.7. The van der Waals surface area contributed by atoms with Crippen molar-refractivity contribution in [3.8, 4) is 0 Å². The number of aliphatic hydroxyl groups excluding tert-OH is 3. The maximum absolute atomic E-state index is 11.7. The number of likely N-dealkylation sites (N-methyl/N-ethyl adjacent to an activating group) is 1. The van der Waals surface area contributed by atoms with E-state index in [0.29, 0.717) is 6.42 Å². The van der Waals surface area contributed by atoms with E-state index in [0.717, 1.165) is 36.7 Å². The van der Waals surface area contributed by atoms with E-state index in [4.69, 9.17) is 9.47 Å². The molecule has 0 amide bonds. The van der Waals surface area contributed by atoms with E-state index >= 15 is 0 Å². The highest BCUT2D eigenvalue weighted by Crippen LogP contribution is 2.18. The van der Waals surface area contributed by atoms with Crippen LogP contribution in [0.5, 0.6) is 0 Å². The molecule has 8 heteroatoms. The van der Waals surface area contributed by atoms with Gasteiger partial charge in [-0.25, -0.2) is 0 Å². The van der Waals surface area contributed by atoms with Gasteiger partial charge in [0.15, 0.2) is 0 Å². The third-order valence-electron chi connectivity index (χ3n) is 6.30. The van der Waals surface area contributed by atoms with Gasteiger partial charge in [-0.05, 0) is 38.2 Å². The minimum absolute atomic E-state index is 0. The summed E-state index contributed by atoms with van der Waals surface area (Å²) in [6, 6.07) is 0. The number of hydrogen-bond donors (Lipinski definition) is 3. The number of esters is 1. The van der Waals surface area contributed by atoms with Crippen molar-refractivity contribution in [2.45, 2.75) is 121 Å². The molecule has 0 unspecified atom stereocenters. The van der Waals surface area contributed by atoms with Gasteiger partial charge >= 0.3 is 5.97 Å². The second kappa shape index (κ2) is 25.0. The van der Waals surface area contributed by atoms with Gasteiger partial charge in [-0.1, -0.05) is 77.0 Å². The van der Waals surface area contributed by atoms with E-state index in [1.54, 1.807) is 0 Å². The first-order valence-corrected chi connectivity index (χ1v) is 14.5. The Morgan fingerprint density at radius 3 is 1.95 bits per heavy atom. The average Bonchev–Trinajstić information content (AvgIpc) is 3.17. The van der Waals surface area contributed by atoms with Crippen molar-refractivity contribution in [1.29, 1.82) is 0 Å². The molecule has 226 valence electrons. The molecular weight excluding hydrogens is 506 g/mol. The van der Waals surface area contributed by atoms with Crippen LogP contribution >= 0.6 is 0 Å². The molecule has 0 radical (unpaired) electrons. The fourth-order valence-corrected chi connectivity index (χ4v) is 4.04. The van der Waals surface area contributed by atoms with Crippen LogP contribution in [0.15, 0.2) is 24.8 Å². The molecule has 1 saturated heterocycles. The molecule has 1 fully saturated rings. The highest BCUT2D eigenvalue weighted by atomic mass is 35.5. The van der Waals surface area contributed by atoms with Crippen LogP contribution in [0.25, 0.3) is 0 Å². The molecule has 4 atom stereocenters. The van der Waals surface area contributed by atoms with Crippen molar-refractivity contribution < 1.29 is 46.5 Å². The van der Waals surface area contributed by atoms with Crippen LogP contribution in [0.4, 0.5) is 0 Å². The number of unbranched alkanes of at least 4 members (excludes halogenated alkanes) is 11. The van der Waals surface area contributed by atoms with Crippen molar-refractivity contribution in [1.82, 2.24) is 0 Å². The Balaban J connectivity index is 0. The lowest BCUT2D eigenvalue weighted by Crippen LogP contribution is -3.00. The van der Waals surface area contributed by atoms with Gasteiger partial charge in [0, 0.05) is 6.42 Å². The monoisotopic (exact) mass is 563 g/mol. The number of carbonyl (C=O) groups is 1. The third-order valence-corrected chi connectivity index (χ3v) is 6.30. The van der Waals surface area contributed by atoms with Crippen LogP contribution < -0.4 is 12.4 Å². The molecule has 0 bridgehead atoms. The zero-order chi connectivity index (χ0) is 27.9. The molecule has 1 heterocycles. The molecule has 0 saturated carbocycles. The van der Waals surface area contributed by atoms with Gasteiger partial charge in [0.1, 0.15) is 31.0 Å². The Morgan fingerprint density at radius 1 is 0.974 bits per heavy atom. The van der Waals surface area contributed by atoms with Crippen LogP contribution in [-0.2, 0) is 14.3 Å². The summed E-state index contributed by atoms with van der Waals surface area (Å²) in [6.07, 6.45) is 18.4. The molecule has 3 N–H and O–H groups in total. The summed E-state index contributed by atoms with van der Waals surface area (Å²) >= 11 is 0. The number of quaternary nitrogens is 1. The van der Waals surface area contributed by atoms with Gasteiger partial charge in [0.25, 0.3) is 0 Å². The average molecular weight is 564 g/mol. The number of carbonyl (C=O) groups excluding carboxylic acids is 1. The quantitative estimate of drug-likeness (QED) is 0.0906. The van der Waals surface area contributed by atoms with Gasteiger partial charge in [-0.3, -0.25) is 4.79 Å². The summed E-state index contributed by atoms with van der Waals surface area (Å²) in [7, 11) is 6.42. The van der Waals surface area contributed by atoms with Gasteiger partial charge in [0.2, 0.25) is 0 Å². The number of halogens is 1. The minimum Gasteiger partial charge on any atom is -1.00 e. The summed E-state index contributed by atoms with van der Waals surface area (Å²) in [5, 5.41) is 29.0. The van der Waals surface area contributed by atoms with E-state index in [2.05, 4.69) is 46.8 Å². The van der Waals surface area contributed by atoms with E-state index in [-0.39, 0.29) is 31.6 Å². The van der Waals surface area contributed by atoms with Crippen LogP contribution in [0, 0.1) is 0 Å². The zero-order valence-electron chi connectivity index (χ0n) is 24.7. The number of aliphatic hydroxyl groups is 3. The maximum atomic E-state index is 11.7. The highest BCUT2D eigenvalue weighted by molar-refractivity contribution is 5.69. The Kier molecular flexibility index (Phi) is 25.8. The second-order valence-corrected chi connectivity index (χ2v) is 11.2. The van der Waals surface area contributed by atoms with Crippen LogP contribution in [0.3, 0.4) is 0 Å². The normalized spacial score (nSPS) is 19.9. The van der Waals surface area contributed by atoms with Gasteiger partial charge in [-0.2, -0.15) is 0 Å². The fraction of sp³-hybridized carbons (Fsp3) is 0.833. The molecule has 0 aliphatic carbocycles. The Labute approximate surface area is 239 Å². The number of allylic oxidation sites excluding steroid dienone is 2. The van der Waals surface area contributed by atoms with Crippen LogP contribution in [0.2, 0.25) is 0 Å². The van der Waals surface area contributed by atoms with Crippen molar-refractivity contribution in [3.63, 3.8) is 0 Å². The molecule has 0 aromatic rings. The standard InChI is InChI=1S/C24H44O6.C6H14N.ClH/c1-2-3-4-5-6-7-8-9-10-11-12-13-14-15-16-17-22(27)29-19-21(26)24-23(28)20(25)18-30-24;1-5-6-7(2,3)4;/h9-10,20-21,23-26,28H,2-8,11-19H2,1H3;5H,1,6H2,2-4H3;1H/q;+1;/p-1/b10-9-;;/t20-,21+,23+,24+;;/m0../s1. The summed E-state index contributed by atoms with van der Waals surface area (Å²) in [6.45, 7) is 6.67. The first-order chi connectivity index (χ1) is 17.6. The Bertz CT molecular complexity index is 596. The molecule has 0 spiro atoms. The fourth-order valence-electron chi connectivity index (χ4n) is 4.04. The molecule has 1 rings (SSSR count). The first-order valence-electron chi connectivity index (χ1n) is 14.5. The summed E-state index contributed by atoms with van der Waals surface area (Å²) in [5.41, 5.74) is 0. The zero-order valence-corrected chi connectivity index (χ0v) is 25.4. The Hall–Kier alpha value is -0.960. The van der Waals surface area contributed by atoms with Gasteiger partial charge in [-0.15, -0.1) is 0 Å². The van der Waals surface area contributed by atoms with Crippen molar-refractivity contribution in [3.05, 3.63) is 24.8 Å². The van der Waals surface area contributed by atoms with Gasteiger partial charge < -0.3 is 41.7 Å². The summed E-state index contributed by atoms with van der Waals surface area (Å²) in [5.74, 6) is -0.347. The molecule has 1 aliphatic heterocycles. The largest absolute Gasteiger partial charge is 1.00 e. The van der Waals surface area contributed by atoms with Crippen molar-refractivity contribution in [2.75, 3.05) is 40.9 Å². The van der Waals surface area contributed by atoms with E-state index in [9.17, 15) is 20.1 Å². The van der Waals surface area contributed by atoms with E-state index < -0.39 is 24.4 Å². The lowest BCUT2D eigenvalue weighted by Gasteiger charge is -2.21. The van der Waals surface area contributed by atoms with E-state index in [1.165, 1.54) is 57.8 Å². The number of ether oxygens (including phenoxy) is 2. The van der Waals surface area contributed by atoms with Crippen LogP contribution in [0.1, 0.15) is 96.8 Å². The van der Waals surface area contributed by atoms with Gasteiger partial charge in [0.05, 0.1) is 34.3 Å². The van der Waals surface area contributed by atoms with Crippen molar-refractivity contribution in [2.24, 2.45) is 0 Å². The topological polar surface area (TPSA) is 96.2 Å². The number of nitrogens with zero attached hydrogens (tertiary/aromatic N) is 1. The first kappa shape index (κ1) is 39.2. The number of hydrogen-bond acceptors (Lipinski definition) is 6. The maximum Gasteiger partial charge on any atom is 0.305 e. The minimum atomic E-state index is -1.15. The Morgan fingerprint density at radius 2 is 1.50 bits per heavy atom. The lowest BCUT2D eigenvalue weighted by molar-refractivity contribution is -0.864. The summed E-state index contributed by atoms with van der Waals surface area (Å²) < 4.78 is 11.1. The van der Waals surface area contributed by atoms with Crippen molar-refractivity contribution >= 4 is 5.97 Å². The SMILES string of the molecule is C=CC[N+](C)(C)C.CCCCCCCC/C=C\CCCCCCCC(=O)OC[C@@H](O)[C@H]1OC[C@H](O)[C@H]1O.[Cl-]. The molecule has 38 heavy (non-hydrogen) atoms. The predicted octanol–water partition coefficient (Wildman–Crippen LogP) is 1.93. The third kappa shape index (κ3) is 23.0. The molecular formula is C30H58ClNO6. The molecule has 0 aromatic carbocycles. The second-order valence-electron chi connectivity index (χ2n) is 11.2. The molecule has 1 aliphatic rings. The molecule has 0 aromatic heterocycles. The lowest BCUT2D eigenvalue weighted by atomic mass is 10.1. The predicted molar refractivity (Wildman–Crippen MR) is 151 cm³/mol.